The summed E-state index contributed by atoms with van der Waals surface area (Å²) in [5, 5.41) is 0. The second-order valence-electron chi connectivity index (χ2n) is 5.14. The van der Waals surface area contributed by atoms with Crippen LogP contribution in [0.15, 0.2) is 21.6 Å². The minimum absolute atomic E-state index is 0.174. The first-order chi connectivity index (χ1) is 11.0. The normalized spacial score (nSPS) is 17.3. The number of ether oxygens (including phenoxy) is 2. The van der Waals surface area contributed by atoms with E-state index in [1.807, 2.05) is 0 Å². The van der Waals surface area contributed by atoms with Gasteiger partial charge in [-0.05, 0) is 28.5 Å². The molecule has 7 nitrogen and oxygen atoms in total. The molecular formula is C14H22BrN3O4S. The van der Waals surface area contributed by atoms with Crippen molar-refractivity contribution in [1.82, 2.24) is 14.2 Å². The number of aromatic nitrogens is 1. The summed E-state index contributed by atoms with van der Waals surface area (Å²) in [5.41, 5.74) is 0. The van der Waals surface area contributed by atoms with Crippen LogP contribution in [0.3, 0.4) is 0 Å². The lowest BCUT2D eigenvalue weighted by Gasteiger charge is -2.33. The summed E-state index contributed by atoms with van der Waals surface area (Å²) >= 11 is 3.32. The Hall–Kier alpha value is -0.740. The summed E-state index contributed by atoms with van der Waals surface area (Å²) in [5.74, 6) is 0.358. The van der Waals surface area contributed by atoms with Crippen molar-refractivity contribution < 1.29 is 17.9 Å². The summed E-state index contributed by atoms with van der Waals surface area (Å²) in [4.78, 5) is 6.50. The third-order valence-corrected chi connectivity index (χ3v) is 6.16. The molecule has 0 saturated carbocycles. The van der Waals surface area contributed by atoms with Crippen LogP contribution < -0.4 is 4.74 Å². The average molecular weight is 408 g/mol. The molecule has 1 aromatic rings. The maximum atomic E-state index is 12.7. The van der Waals surface area contributed by atoms with E-state index in [-0.39, 0.29) is 4.90 Å². The van der Waals surface area contributed by atoms with Crippen LogP contribution in [-0.2, 0) is 14.8 Å². The van der Waals surface area contributed by atoms with Crippen molar-refractivity contribution >= 4 is 26.0 Å². The Balaban J connectivity index is 2.09. The molecule has 0 atom stereocenters. The predicted octanol–water partition coefficient (Wildman–Crippen LogP) is 1.20. The number of hydrogen-bond acceptors (Lipinski definition) is 6. The molecule has 23 heavy (non-hydrogen) atoms. The number of sulfonamides is 1. The number of methoxy groups -OCH3 is 1. The Morgan fingerprint density at radius 2 is 1.96 bits per heavy atom. The molecule has 0 unspecified atom stereocenters. The molecule has 1 saturated heterocycles. The fourth-order valence-electron chi connectivity index (χ4n) is 2.31. The Bertz CT molecular complexity index is 618. The minimum atomic E-state index is -3.52. The van der Waals surface area contributed by atoms with Crippen molar-refractivity contribution in [3.05, 3.63) is 16.7 Å². The number of pyridine rings is 1. The van der Waals surface area contributed by atoms with Crippen LogP contribution in [0.4, 0.5) is 0 Å². The molecule has 9 heteroatoms. The highest BCUT2D eigenvalue weighted by Gasteiger charge is 2.28. The van der Waals surface area contributed by atoms with E-state index in [2.05, 4.69) is 32.7 Å². The highest BCUT2D eigenvalue weighted by atomic mass is 79.9. The molecular weight excluding hydrogens is 386 g/mol. The Kier molecular flexibility index (Phi) is 6.78. The van der Waals surface area contributed by atoms with Crippen molar-refractivity contribution in [2.75, 3.05) is 53.0 Å². The van der Waals surface area contributed by atoms with Gasteiger partial charge in [0, 0.05) is 33.3 Å². The first-order valence-electron chi connectivity index (χ1n) is 7.48. The fourth-order valence-corrected chi connectivity index (χ4v) is 4.32. The molecule has 1 aromatic heterocycles. The summed E-state index contributed by atoms with van der Waals surface area (Å²) in [6.07, 6.45) is 1.34. The van der Waals surface area contributed by atoms with Crippen molar-refractivity contribution in [2.24, 2.45) is 0 Å². The molecule has 1 aliphatic rings. The van der Waals surface area contributed by atoms with E-state index in [0.717, 1.165) is 19.6 Å². The van der Waals surface area contributed by atoms with Gasteiger partial charge in [-0.1, -0.05) is 6.92 Å². The van der Waals surface area contributed by atoms with Crippen LogP contribution in [0.1, 0.15) is 6.92 Å². The Morgan fingerprint density at radius 1 is 1.26 bits per heavy atom. The molecule has 0 bridgehead atoms. The number of rotatable bonds is 7. The van der Waals surface area contributed by atoms with Gasteiger partial charge in [-0.3, -0.25) is 0 Å². The lowest BCUT2D eigenvalue weighted by atomic mass is 10.4. The number of nitrogens with zero attached hydrogens (tertiary/aromatic N) is 3. The van der Waals surface area contributed by atoms with Gasteiger partial charge in [-0.25, -0.2) is 13.4 Å². The third kappa shape index (κ3) is 4.63. The maximum Gasteiger partial charge on any atom is 0.244 e. The molecule has 0 aliphatic carbocycles. The molecule has 130 valence electrons. The van der Waals surface area contributed by atoms with Crippen LogP contribution in [0, 0.1) is 0 Å². The van der Waals surface area contributed by atoms with Crippen LogP contribution in [0.5, 0.6) is 5.88 Å². The quantitative estimate of drug-likeness (QED) is 0.632. The lowest BCUT2D eigenvalue weighted by molar-refractivity contribution is 0.143. The molecule has 0 aromatic carbocycles. The number of hydrogen-bond donors (Lipinski definition) is 0. The second kappa shape index (κ2) is 8.39. The summed E-state index contributed by atoms with van der Waals surface area (Å²) in [6, 6.07) is 1.54. The molecule has 0 N–H and O–H groups in total. The second-order valence-corrected chi connectivity index (χ2v) is 7.93. The molecule has 1 fully saturated rings. The van der Waals surface area contributed by atoms with Crippen LogP contribution in [-0.4, -0.2) is 75.7 Å². The van der Waals surface area contributed by atoms with Gasteiger partial charge in [0.15, 0.2) is 0 Å². The molecule has 0 radical (unpaired) electrons. The van der Waals surface area contributed by atoms with Crippen molar-refractivity contribution in [3.63, 3.8) is 0 Å². The first-order valence-corrected chi connectivity index (χ1v) is 9.72. The smallest absolute Gasteiger partial charge is 0.244 e. The van der Waals surface area contributed by atoms with E-state index >= 15 is 0 Å². The molecule has 0 spiro atoms. The molecule has 2 rings (SSSR count). The maximum absolute atomic E-state index is 12.7. The minimum Gasteiger partial charge on any atom is -0.474 e. The van der Waals surface area contributed by atoms with Crippen molar-refractivity contribution in [3.8, 4) is 5.88 Å². The van der Waals surface area contributed by atoms with E-state index in [9.17, 15) is 8.42 Å². The zero-order valence-corrected chi connectivity index (χ0v) is 15.8. The van der Waals surface area contributed by atoms with Gasteiger partial charge in [0.25, 0.3) is 0 Å². The zero-order valence-electron chi connectivity index (χ0n) is 13.4. The SMILES string of the molecule is CCN1CCN(S(=O)(=O)c2cnc(OCCOC)c(Br)c2)CC1. The molecule has 0 amide bonds. The standard InChI is InChI=1S/C14H22BrN3O4S/c1-3-17-4-6-18(7-5-17)23(19,20)12-10-13(15)14(16-11-12)22-9-8-21-2/h10-11H,3-9H2,1-2H3. The van der Waals surface area contributed by atoms with Gasteiger partial charge in [-0.15, -0.1) is 0 Å². The summed E-state index contributed by atoms with van der Waals surface area (Å²) < 4.78 is 37.7. The van der Waals surface area contributed by atoms with Crippen molar-refractivity contribution in [1.29, 1.82) is 0 Å². The highest BCUT2D eigenvalue weighted by molar-refractivity contribution is 9.10. The predicted molar refractivity (Wildman–Crippen MR) is 90.2 cm³/mol. The summed E-state index contributed by atoms with van der Waals surface area (Å²) in [6.45, 7) is 6.32. The van der Waals surface area contributed by atoms with Gasteiger partial charge in [0.2, 0.25) is 15.9 Å². The lowest BCUT2D eigenvalue weighted by Crippen LogP contribution is -2.48. The zero-order chi connectivity index (χ0) is 16.9. The Labute approximate surface area is 145 Å². The monoisotopic (exact) mass is 407 g/mol. The van der Waals surface area contributed by atoms with Crippen LogP contribution in [0.25, 0.3) is 0 Å². The number of piperazine rings is 1. The number of halogens is 1. The van der Waals surface area contributed by atoms with Crippen LogP contribution >= 0.6 is 15.9 Å². The van der Waals surface area contributed by atoms with Crippen LogP contribution in [0.2, 0.25) is 0 Å². The fraction of sp³-hybridized carbons (Fsp3) is 0.643. The van der Waals surface area contributed by atoms with Gasteiger partial charge in [-0.2, -0.15) is 4.31 Å². The van der Waals surface area contributed by atoms with Gasteiger partial charge in [0.05, 0.1) is 17.3 Å². The van der Waals surface area contributed by atoms with E-state index in [0.29, 0.717) is 36.7 Å². The average Bonchev–Trinajstić information content (AvgIpc) is 2.56. The largest absolute Gasteiger partial charge is 0.474 e. The van der Waals surface area contributed by atoms with E-state index in [1.54, 1.807) is 7.11 Å². The molecule has 1 aliphatic heterocycles. The van der Waals surface area contributed by atoms with E-state index in [4.69, 9.17) is 9.47 Å². The number of likely N-dealkylation sites (N-methyl/N-ethyl adjacent to an activating group) is 1. The molecule has 2 heterocycles. The Morgan fingerprint density at radius 3 is 2.52 bits per heavy atom. The topological polar surface area (TPSA) is 72.0 Å². The summed E-state index contributed by atoms with van der Waals surface area (Å²) in [7, 11) is -1.94. The van der Waals surface area contributed by atoms with E-state index in [1.165, 1.54) is 16.6 Å². The third-order valence-electron chi connectivity index (χ3n) is 3.72. The van der Waals surface area contributed by atoms with Gasteiger partial charge >= 0.3 is 0 Å². The van der Waals surface area contributed by atoms with Crippen molar-refractivity contribution in [2.45, 2.75) is 11.8 Å². The van der Waals surface area contributed by atoms with E-state index < -0.39 is 10.0 Å². The first kappa shape index (κ1) is 18.6. The highest BCUT2D eigenvalue weighted by Crippen LogP contribution is 2.27. The van der Waals surface area contributed by atoms with Gasteiger partial charge in [0.1, 0.15) is 11.5 Å². The van der Waals surface area contributed by atoms with Gasteiger partial charge < -0.3 is 14.4 Å².